The van der Waals surface area contributed by atoms with Gasteiger partial charge in [-0.3, -0.25) is 0 Å². The lowest BCUT2D eigenvalue weighted by molar-refractivity contribution is 0.0595. The number of anilines is 2. The molecule has 1 saturated heterocycles. The van der Waals surface area contributed by atoms with Crippen LogP contribution in [0.4, 0.5) is 11.6 Å². The van der Waals surface area contributed by atoms with Crippen LogP contribution >= 0.6 is 11.8 Å². The topological polar surface area (TPSA) is 73.1 Å². The Balaban J connectivity index is 1.91. The smallest absolute Gasteiger partial charge is 0.191 e. The molecule has 1 aliphatic rings. The average molecular weight is 254 g/mol. The van der Waals surface area contributed by atoms with Gasteiger partial charge in [-0.05, 0) is 25.0 Å². The molecular formula is C11H18N4OS. The van der Waals surface area contributed by atoms with Gasteiger partial charge in [0.1, 0.15) is 11.6 Å². The van der Waals surface area contributed by atoms with Gasteiger partial charge < -0.3 is 15.8 Å². The molecule has 5 nitrogen and oxygen atoms in total. The zero-order valence-corrected chi connectivity index (χ0v) is 10.8. The quantitative estimate of drug-likeness (QED) is 0.628. The van der Waals surface area contributed by atoms with Crippen molar-refractivity contribution in [3.05, 3.63) is 6.07 Å². The number of nitrogens with one attached hydrogen (secondary N) is 1. The van der Waals surface area contributed by atoms with Crippen molar-refractivity contribution in [2.24, 2.45) is 5.92 Å². The summed E-state index contributed by atoms with van der Waals surface area (Å²) in [6.07, 6.45) is 4.30. The summed E-state index contributed by atoms with van der Waals surface area (Å²) in [5.74, 6) is 1.87. The Bertz CT molecular complexity index is 368. The van der Waals surface area contributed by atoms with Crippen LogP contribution in [-0.2, 0) is 4.74 Å². The largest absolute Gasteiger partial charge is 0.383 e. The normalized spacial score (nSPS) is 20.2. The fraction of sp³-hybridized carbons (Fsp3) is 0.636. The van der Waals surface area contributed by atoms with Crippen molar-refractivity contribution in [3.63, 3.8) is 0 Å². The van der Waals surface area contributed by atoms with E-state index in [1.54, 1.807) is 6.07 Å². The highest BCUT2D eigenvalue weighted by atomic mass is 32.2. The van der Waals surface area contributed by atoms with Crippen molar-refractivity contribution in [1.29, 1.82) is 0 Å². The molecule has 94 valence electrons. The molecule has 1 fully saturated rings. The van der Waals surface area contributed by atoms with Crippen LogP contribution in [0.2, 0.25) is 0 Å². The first-order valence-corrected chi connectivity index (χ1v) is 7.00. The van der Waals surface area contributed by atoms with E-state index in [0.29, 0.717) is 16.9 Å². The Morgan fingerprint density at radius 2 is 2.47 bits per heavy atom. The van der Waals surface area contributed by atoms with Gasteiger partial charge in [0.15, 0.2) is 5.16 Å². The second-order valence-corrected chi connectivity index (χ2v) is 4.90. The van der Waals surface area contributed by atoms with Crippen molar-refractivity contribution < 1.29 is 4.74 Å². The van der Waals surface area contributed by atoms with Crippen LogP contribution in [0.15, 0.2) is 11.2 Å². The number of nitrogen functional groups attached to an aromatic ring is 1. The van der Waals surface area contributed by atoms with Gasteiger partial charge in [0.2, 0.25) is 0 Å². The molecular weight excluding hydrogens is 236 g/mol. The third-order valence-electron chi connectivity index (χ3n) is 2.73. The second kappa shape index (κ2) is 6.07. The summed E-state index contributed by atoms with van der Waals surface area (Å²) in [7, 11) is 0. The lowest BCUT2D eigenvalue weighted by Crippen LogP contribution is -2.24. The van der Waals surface area contributed by atoms with Gasteiger partial charge in [0.05, 0.1) is 6.61 Å². The number of thioether (sulfide) groups is 1. The molecule has 1 aliphatic heterocycles. The molecule has 0 aliphatic carbocycles. The summed E-state index contributed by atoms with van der Waals surface area (Å²) in [6, 6.07) is 1.77. The number of nitrogens with two attached hydrogens (primary N) is 1. The molecule has 17 heavy (non-hydrogen) atoms. The molecule has 6 heteroatoms. The zero-order valence-electron chi connectivity index (χ0n) is 9.98. The average Bonchev–Trinajstić information content (AvgIpc) is 2.37. The van der Waals surface area contributed by atoms with Crippen LogP contribution in [0.3, 0.4) is 0 Å². The van der Waals surface area contributed by atoms with Gasteiger partial charge in [0.25, 0.3) is 0 Å². The van der Waals surface area contributed by atoms with Crippen LogP contribution in [0.25, 0.3) is 0 Å². The van der Waals surface area contributed by atoms with E-state index in [1.165, 1.54) is 18.2 Å². The molecule has 1 aromatic rings. The van der Waals surface area contributed by atoms with E-state index in [2.05, 4.69) is 15.3 Å². The molecule has 0 radical (unpaired) electrons. The van der Waals surface area contributed by atoms with Crippen LogP contribution in [0, 0.1) is 5.92 Å². The number of hydrogen-bond acceptors (Lipinski definition) is 6. The van der Waals surface area contributed by atoms with Crippen molar-refractivity contribution in [3.8, 4) is 0 Å². The first-order chi connectivity index (χ1) is 8.28. The maximum atomic E-state index is 5.71. The third-order valence-corrected chi connectivity index (χ3v) is 3.28. The van der Waals surface area contributed by atoms with Crippen LogP contribution < -0.4 is 11.1 Å². The van der Waals surface area contributed by atoms with Gasteiger partial charge in [-0.2, -0.15) is 0 Å². The van der Waals surface area contributed by atoms with Gasteiger partial charge in [-0.25, -0.2) is 9.97 Å². The summed E-state index contributed by atoms with van der Waals surface area (Å²) >= 11 is 1.49. The molecule has 0 spiro atoms. The minimum atomic E-state index is 0.506. The fourth-order valence-electron chi connectivity index (χ4n) is 1.84. The molecule has 0 amide bonds. The molecule has 3 N–H and O–H groups in total. The summed E-state index contributed by atoms with van der Waals surface area (Å²) < 4.78 is 5.44. The van der Waals surface area contributed by atoms with E-state index in [-0.39, 0.29) is 0 Å². The third kappa shape index (κ3) is 3.74. The van der Waals surface area contributed by atoms with Gasteiger partial charge in [0, 0.05) is 19.2 Å². The lowest BCUT2D eigenvalue weighted by atomic mass is 10.0. The Morgan fingerprint density at radius 1 is 1.59 bits per heavy atom. The van der Waals surface area contributed by atoms with E-state index in [9.17, 15) is 0 Å². The maximum absolute atomic E-state index is 5.71. The van der Waals surface area contributed by atoms with Crippen LogP contribution in [0.5, 0.6) is 0 Å². The van der Waals surface area contributed by atoms with Gasteiger partial charge in [-0.1, -0.05) is 11.8 Å². The Morgan fingerprint density at radius 3 is 3.18 bits per heavy atom. The molecule has 1 aromatic heterocycles. The predicted octanol–water partition coefficient (Wildman–Crippen LogP) is 1.62. The van der Waals surface area contributed by atoms with Crippen molar-refractivity contribution in [2.45, 2.75) is 18.0 Å². The molecule has 1 atom stereocenters. The SMILES string of the molecule is CSc1nc(N)cc(NCC2CCCOC2)n1. The van der Waals surface area contributed by atoms with Crippen LogP contribution in [0.1, 0.15) is 12.8 Å². The highest BCUT2D eigenvalue weighted by molar-refractivity contribution is 7.98. The monoisotopic (exact) mass is 254 g/mol. The highest BCUT2D eigenvalue weighted by Gasteiger charge is 2.13. The minimum absolute atomic E-state index is 0.506. The molecule has 2 rings (SSSR count). The lowest BCUT2D eigenvalue weighted by Gasteiger charge is -2.22. The van der Waals surface area contributed by atoms with Crippen molar-refractivity contribution in [1.82, 2.24) is 9.97 Å². The number of rotatable bonds is 4. The summed E-state index contributed by atoms with van der Waals surface area (Å²) in [6.45, 7) is 2.61. The fourth-order valence-corrected chi connectivity index (χ4v) is 2.23. The second-order valence-electron chi connectivity index (χ2n) is 4.13. The minimum Gasteiger partial charge on any atom is -0.383 e. The van der Waals surface area contributed by atoms with Gasteiger partial charge in [-0.15, -0.1) is 0 Å². The molecule has 0 aromatic carbocycles. The molecule has 0 bridgehead atoms. The maximum Gasteiger partial charge on any atom is 0.191 e. The Hall–Kier alpha value is -1.01. The summed E-state index contributed by atoms with van der Waals surface area (Å²) in [5.41, 5.74) is 5.71. The first kappa shape index (κ1) is 12.4. The van der Waals surface area contributed by atoms with Crippen molar-refractivity contribution in [2.75, 3.05) is 37.1 Å². The molecule has 1 unspecified atom stereocenters. The van der Waals surface area contributed by atoms with Crippen molar-refractivity contribution >= 4 is 23.4 Å². The standard InChI is InChI=1S/C11H18N4OS/c1-17-11-14-9(12)5-10(15-11)13-6-8-3-2-4-16-7-8/h5,8H,2-4,6-7H2,1H3,(H3,12,13,14,15). The predicted molar refractivity (Wildman–Crippen MR) is 70.3 cm³/mol. The number of aromatic nitrogens is 2. The van der Waals surface area contributed by atoms with E-state index < -0.39 is 0 Å². The van der Waals surface area contributed by atoms with Gasteiger partial charge >= 0.3 is 0 Å². The Kier molecular flexibility index (Phi) is 4.44. The molecule has 0 saturated carbocycles. The number of ether oxygens (including phenoxy) is 1. The molecule has 2 heterocycles. The highest BCUT2D eigenvalue weighted by Crippen LogP contribution is 2.17. The summed E-state index contributed by atoms with van der Waals surface area (Å²) in [5, 5.41) is 4.01. The van der Waals surface area contributed by atoms with E-state index >= 15 is 0 Å². The number of nitrogens with zero attached hydrogens (tertiary/aromatic N) is 2. The zero-order chi connectivity index (χ0) is 12.1. The number of hydrogen-bond donors (Lipinski definition) is 2. The van der Waals surface area contributed by atoms with E-state index in [0.717, 1.165) is 32.0 Å². The van der Waals surface area contributed by atoms with E-state index in [4.69, 9.17) is 10.5 Å². The summed E-state index contributed by atoms with van der Waals surface area (Å²) in [4.78, 5) is 8.47. The Labute approximate surface area is 106 Å². The van der Waals surface area contributed by atoms with E-state index in [1.807, 2.05) is 6.26 Å². The van der Waals surface area contributed by atoms with Crippen LogP contribution in [-0.4, -0.2) is 36.0 Å². The first-order valence-electron chi connectivity index (χ1n) is 5.78.